The number of nitrogens with zero attached hydrogens (tertiary/aromatic N) is 5. The van der Waals surface area contributed by atoms with Gasteiger partial charge < -0.3 is 45.0 Å². The first kappa shape index (κ1) is 118. The van der Waals surface area contributed by atoms with E-state index in [9.17, 15) is 14.4 Å². The molecule has 17 nitrogen and oxygen atoms in total. The maximum atomic E-state index is 11.7. The first-order chi connectivity index (χ1) is 51.8. The quantitative estimate of drug-likeness (QED) is 0.0281. The Morgan fingerprint density at radius 1 is 0.409 bits per heavy atom. The fourth-order valence-electron chi connectivity index (χ4n) is 9.23. The third kappa shape index (κ3) is 75.5. The van der Waals surface area contributed by atoms with E-state index in [1.54, 1.807) is 10.9 Å². The Balaban J connectivity index is -0.000000649. The molecule has 670 valence electrons. The van der Waals surface area contributed by atoms with Crippen LogP contribution in [0.2, 0.25) is 0 Å². The van der Waals surface area contributed by atoms with E-state index in [0.29, 0.717) is 100 Å². The molecule has 0 unspecified atom stereocenters. The normalized spacial score (nSPS) is 12.4. The topological polar surface area (TPSA) is 194 Å². The number of nitrogens with one attached hydrogen (secondary N) is 4. The minimum absolute atomic E-state index is 0.00291. The van der Waals surface area contributed by atoms with Crippen LogP contribution in [0.25, 0.3) is 0 Å². The van der Waals surface area contributed by atoms with E-state index in [2.05, 4.69) is 230 Å². The number of carbonyl (C=O) groups is 3. The van der Waals surface area contributed by atoms with Crippen molar-refractivity contribution < 1.29 is 38.1 Å². The van der Waals surface area contributed by atoms with E-state index in [1.807, 2.05) is 73.2 Å². The van der Waals surface area contributed by atoms with Gasteiger partial charge in [-0.15, -0.1) is 5.10 Å². The van der Waals surface area contributed by atoms with Crippen molar-refractivity contribution >= 4 is 138 Å². The van der Waals surface area contributed by atoms with Gasteiger partial charge in [0.1, 0.15) is 18.2 Å². The second-order valence-electron chi connectivity index (χ2n) is 43.1. The molecule has 0 atom stereocenters. The standard InChI is InChI=1S/C18H35NO2S2.C17H30N4O2S.C17H33NO3S.C14H26S2.C13H24OS.C12H23N3/c1-17(2,3)14-15(22)8-7-10-20-12-13-21-11-9-19-16(23)18(4,5)6;1-16(2,3)9-14(22)23-12-13-10-19-21(11-13)8-7-18-15(24)20-17(4,5)6;1-16(2,3)14(19)8-7-10-20-12-13-21-11-9-18-15(22)17(4,5)6;1-13(2,3)10-11(15)8-7-9-12(16)14(4,5)6;1-12(2,3)10(14)8-7-9-11(15)13(4,5)6;1-11(2,3)8-7-10-9-15(14-13-10)12(4,5)6/h7-14H2,1-6H3,(H,19,23);10-11H,7-9,12H2,1-6H3,(H2,18,20,24);7-13H2,1-6H3,(H,18,22);7-10H2,1-6H3;7-9H2,1-6H3;9H,7-8H2,1-6H3. The van der Waals surface area contributed by atoms with Crippen molar-refractivity contribution in [2.45, 2.75) is 370 Å². The summed E-state index contributed by atoms with van der Waals surface area (Å²) in [5.41, 5.74) is 2.71. The van der Waals surface area contributed by atoms with Crippen molar-refractivity contribution in [3.05, 3.63) is 29.8 Å². The maximum Gasteiger partial charge on any atom is 0.306 e. The van der Waals surface area contributed by atoms with Crippen LogP contribution in [0, 0.1) is 54.1 Å². The van der Waals surface area contributed by atoms with Crippen LogP contribution in [-0.2, 0) is 63.2 Å². The SMILES string of the molecule is CC(C)(C)C(=O)CCCC(=S)C(C)(C)C.CC(C)(C)C(=O)CCCOCCOCCNC(=S)C(C)(C)C.CC(C)(C)CC(=O)OCc1cnn(CCNC(=S)NC(C)(C)C)c1.CC(C)(C)CC(=S)CCCC(=S)C(C)(C)C.CC(C)(C)CC(=S)CCCOCCOCCNC(=S)C(C)(C)C.CC(C)(C)CCc1cn(C(C)(C)C)nn1. The number of thiocarbonyl (C=S) groups is 7. The highest BCUT2D eigenvalue weighted by Gasteiger charge is 2.26. The number of ketones is 2. The van der Waals surface area contributed by atoms with Crippen LogP contribution < -0.4 is 21.3 Å². The van der Waals surface area contributed by atoms with E-state index in [0.717, 1.165) is 128 Å². The zero-order valence-electron chi connectivity index (χ0n) is 79.9. The molecule has 4 N–H and O–H groups in total. The van der Waals surface area contributed by atoms with Gasteiger partial charge in [0.25, 0.3) is 0 Å². The molecule has 0 bridgehead atoms. The van der Waals surface area contributed by atoms with Crippen molar-refractivity contribution in [1.29, 1.82) is 0 Å². The predicted molar refractivity (Wildman–Crippen MR) is 518 cm³/mol. The molecule has 0 spiro atoms. The van der Waals surface area contributed by atoms with Crippen molar-refractivity contribution in [3.63, 3.8) is 0 Å². The van der Waals surface area contributed by atoms with Crippen LogP contribution in [0.5, 0.6) is 0 Å². The molecule has 2 aromatic heterocycles. The molecular formula is C91H171N9O8S7. The van der Waals surface area contributed by atoms with Gasteiger partial charge in [-0.2, -0.15) is 5.10 Å². The minimum Gasteiger partial charge on any atom is -0.461 e. The Bertz CT molecular complexity index is 3070. The van der Waals surface area contributed by atoms with Gasteiger partial charge in [-0.1, -0.05) is 286 Å². The summed E-state index contributed by atoms with van der Waals surface area (Å²) < 4.78 is 31.0. The third-order valence-electron chi connectivity index (χ3n) is 16.3. The molecule has 2 rings (SSSR count). The summed E-state index contributed by atoms with van der Waals surface area (Å²) in [6, 6.07) is 0. The summed E-state index contributed by atoms with van der Waals surface area (Å²) in [4.78, 5) is 41.4. The monoisotopic (exact) mass is 1740 g/mol. The van der Waals surface area contributed by atoms with Crippen LogP contribution in [0.3, 0.4) is 0 Å². The molecule has 2 aromatic rings. The van der Waals surface area contributed by atoms with Crippen LogP contribution in [0.15, 0.2) is 18.6 Å². The first-order valence-corrected chi connectivity index (χ1v) is 44.8. The third-order valence-corrected chi connectivity index (χ3v) is 20.4. The smallest absolute Gasteiger partial charge is 0.306 e. The molecular weight excluding hydrogens is 1570 g/mol. The first-order valence-electron chi connectivity index (χ1n) is 42.0. The number of ether oxygens (including phenoxy) is 5. The minimum atomic E-state index is -0.246. The van der Waals surface area contributed by atoms with E-state index in [1.165, 1.54) is 9.73 Å². The van der Waals surface area contributed by atoms with Gasteiger partial charge in [-0.3, -0.25) is 19.1 Å². The highest BCUT2D eigenvalue weighted by atomic mass is 32.1. The molecule has 0 aliphatic heterocycles. The molecule has 24 heteroatoms. The van der Waals surface area contributed by atoms with Gasteiger partial charge in [-0.05, 0) is 183 Å². The molecule has 2 heterocycles. The molecule has 0 fully saturated rings. The molecule has 0 saturated heterocycles. The van der Waals surface area contributed by atoms with E-state index >= 15 is 0 Å². The second kappa shape index (κ2) is 56.5. The number of hydrogen-bond donors (Lipinski definition) is 4. The summed E-state index contributed by atoms with van der Waals surface area (Å²) in [5, 5.41) is 26.0. The molecule has 0 aliphatic rings. The van der Waals surface area contributed by atoms with Crippen LogP contribution in [0.4, 0.5) is 0 Å². The number of aromatic nitrogens is 5. The number of rotatable bonds is 38. The lowest BCUT2D eigenvalue weighted by atomic mass is 9.85. The van der Waals surface area contributed by atoms with Crippen molar-refractivity contribution in [1.82, 2.24) is 46.0 Å². The Morgan fingerprint density at radius 3 is 1.15 bits per heavy atom. The van der Waals surface area contributed by atoms with Crippen molar-refractivity contribution in [2.24, 2.45) is 54.1 Å². The van der Waals surface area contributed by atoms with Gasteiger partial charge in [0.05, 0.1) is 80.0 Å². The van der Waals surface area contributed by atoms with Crippen LogP contribution in [0.1, 0.15) is 350 Å². The van der Waals surface area contributed by atoms with E-state index < -0.39 is 0 Å². The van der Waals surface area contributed by atoms with Gasteiger partial charge in [-0.25, -0.2) is 4.68 Å². The highest BCUT2D eigenvalue weighted by molar-refractivity contribution is 7.81. The maximum absolute atomic E-state index is 11.7. The Labute approximate surface area is 742 Å². The number of aryl methyl sites for hydroxylation is 1. The Kier molecular flexibility index (Phi) is 58.0. The number of hydrogen-bond acceptors (Lipinski definition) is 18. The van der Waals surface area contributed by atoms with E-state index in [4.69, 9.17) is 109 Å². The Morgan fingerprint density at radius 2 is 0.791 bits per heavy atom. The van der Waals surface area contributed by atoms with Crippen molar-refractivity contribution in [3.8, 4) is 0 Å². The lowest BCUT2D eigenvalue weighted by Crippen LogP contribution is -2.46. The number of Topliss-reactive ketones (excluding diaryl/α,β-unsaturated/α-hetero) is 2. The summed E-state index contributed by atoms with van der Waals surface area (Å²) in [5.74, 6) is 0.433. The molecule has 0 amide bonds. The summed E-state index contributed by atoms with van der Waals surface area (Å²) in [7, 11) is 0. The molecule has 0 aromatic carbocycles. The average Bonchev–Trinajstić information content (AvgIpc) is 1.71. The number of esters is 1. The molecule has 0 saturated carbocycles. The van der Waals surface area contributed by atoms with Crippen LogP contribution >= 0.6 is 85.5 Å². The zero-order chi connectivity index (χ0) is 90.5. The molecule has 0 aliphatic carbocycles. The predicted octanol–water partition coefficient (Wildman–Crippen LogP) is 23.2. The second-order valence-corrected chi connectivity index (χ2v) is 46.5. The lowest BCUT2D eigenvalue weighted by Gasteiger charge is -2.23. The highest BCUT2D eigenvalue weighted by Crippen LogP contribution is 2.28. The largest absolute Gasteiger partial charge is 0.461 e. The van der Waals surface area contributed by atoms with Gasteiger partial charge in [0.15, 0.2) is 5.11 Å². The van der Waals surface area contributed by atoms with E-state index in [-0.39, 0.29) is 72.8 Å². The van der Waals surface area contributed by atoms with Gasteiger partial charge in [0.2, 0.25) is 0 Å². The van der Waals surface area contributed by atoms with Gasteiger partial charge in [0, 0.05) is 90.8 Å². The average molecular weight is 1740 g/mol. The van der Waals surface area contributed by atoms with Crippen LogP contribution in [-0.4, -0.2) is 155 Å². The summed E-state index contributed by atoms with van der Waals surface area (Å²) in [6.45, 7) is 84.0. The fourth-order valence-corrected chi connectivity index (χ4v) is 11.3. The van der Waals surface area contributed by atoms with Crippen molar-refractivity contribution in [2.75, 3.05) is 72.5 Å². The molecule has 0 radical (unpaired) electrons. The summed E-state index contributed by atoms with van der Waals surface area (Å²) >= 11 is 37.3. The van der Waals surface area contributed by atoms with Gasteiger partial charge >= 0.3 is 5.97 Å². The lowest BCUT2D eigenvalue weighted by molar-refractivity contribution is -0.147. The summed E-state index contributed by atoms with van der Waals surface area (Å²) in [6.07, 6.45) is 19.2. The zero-order valence-corrected chi connectivity index (χ0v) is 85.6. The number of carbonyl (C=O) groups excluding carboxylic acids is 3. The fraction of sp³-hybridized carbons (Fsp3) is 0.835. The Hall–Kier alpha value is -3.17. The molecule has 115 heavy (non-hydrogen) atoms.